The summed E-state index contributed by atoms with van der Waals surface area (Å²) in [5.74, 6) is 1.54. The Labute approximate surface area is 152 Å². The molecule has 0 radical (unpaired) electrons. The highest BCUT2D eigenvalue weighted by molar-refractivity contribution is 5.77. The summed E-state index contributed by atoms with van der Waals surface area (Å²) in [6.45, 7) is 3.09. The number of ether oxygens (including phenoxy) is 3. The number of benzene rings is 1. The molecule has 26 heavy (non-hydrogen) atoms. The summed E-state index contributed by atoms with van der Waals surface area (Å²) in [5, 5.41) is 2.80. The molecule has 0 unspecified atom stereocenters. The molecule has 1 N–H and O–H groups in total. The minimum Gasteiger partial charge on any atom is -0.493 e. The number of anilines is 1. The van der Waals surface area contributed by atoms with E-state index >= 15 is 0 Å². The minimum absolute atomic E-state index is 0.0955. The van der Waals surface area contributed by atoms with E-state index in [0.29, 0.717) is 37.2 Å². The molecule has 0 aliphatic carbocycles. The van der Waals surface area contributed by atoms with Crippen LogP contribution < -0.4 is 19.7 Å². The summed E-state index contributed by atoms with van der Waals surface area (Å²) >= 11 is 0. The van der Waals surface area contributed by atoms with Gasteiger partial charge in [-0.3, -0.25) is 4.79 Å². The van der Waals surface area contributed by atoms with Crippen molar-refractivity contribution < 1.29 is 19.0 Å². The van der Waals surface area contributed by atoms with Crippen molar-refractivity contribution in [2.45, 2.75) is 6.54 Å². The van der Waals surface area contributed by atoms with Crippen LogP contribution in [-0.4, -0.2) is 55.9 Å². The summed E-state index contributed by atoms with van der Waals surface area (Å²) in [6, 6.07) is 8.98. The number of nitrogens with zero attached hydrogens (tertiary/aromatic N) is 3. The number of amides is 1. The quantitative estimate of drug-likeness (QED) is 0.791. The number of hydrogen-bond acceptors (Lipinski definition) is 7. The maximum atomic E-state index is 12.0. The van der Waals surface area contributed by atoms with Crippen molar-refractivity contribution in [3.8, 4) is 11.5 Å². The molecular weight excluding hydrogens is 336 g/mol. The normalized spacial score (nSPS) is 14.0. The molecule has 2 aromatic rings. The lowest BCUT2D eigenvalue weighted by molar-refractivity contribution is -0.123. The first-order chi connectivity index (χ1) is 12.8. The van der Waals surface area contributed by atoms with Gasteiger partial charge >= 0.3 is 0 Å². The van der Waals surface area contributed by atoms with Crippen LogP contribution in [-0.2, 0) is 16.1 Å². The third-order valence-corrected chi connectivity index (χ3v) is 3.89. The van der Waals surface area contributed by atoms with Crippen LogP contribution in [0.25, 0.3) is 0 Å². The van der Waals surface area contributed by atoms with Gasteiger partial charge in [-0.05, 0) is 18.2 Å². The van der Waals surface area contributed by atoms with Gasteiger partial charge in [0.05, 0.1) is 32.6 Å². The lowest BCUT2D eigenvalue weighted by atomic mass is 10.3. The number of methoxy groups -OCH3 is 1. The molecule has 138 valence electrons. The number of carbonyl (C=O) groups is 1. The average molecular weight is 358 g/mol. The highest BCUT2D eigenvalue weighted by Gasteiger charge is 2.14. The zero-order valence-corrected chi connectivity index (χ0v) is 14.7. The average Bonchev–Trinajstić information content (AvgIpc) is 2.71. The Kier molecular flexibility index (Phi) is 6.21. The molecule has 8 nitrogen and oxygen atoms in total. The molecule has 3 rings (SSSR count). The number of aromatic nitrogens is 2. The predicted molar refractivity (Wildman–Crippen MR) is 95.4 cm³/mol. The molecule has 1 aliphatic rings. The first-order valence-corrected chi connectivity index (χ1v) is 8.43. The van der Waals surface area contributed by atoms with E-state index < -0.39 is 0 Å². The summed E-state index contributed by atoms with van der Waals surface area (Å²) < 4.78 is 16.0. The molecule has 1 aromatic heterocycles. The number of nitrogens with one attached hydrogen (secondary N) is 1. The number of carbonyl (C=O) groups excluding carboxylic acids is 1. The first kappa shape index (κ1) is 17.9. The van der Waals surface area contributed by atoms with Gasteiger partial charge < -0.3 is 24.4 Å². The Bertz CT molecular complexity index is 735. The van der Waals surface area contributed by atoms with Crippen molar-refractivity contribution in [3.63, 3.8) is 0 Å². The fourth-order valence-corrected chi connectivity index (χ4v) is 2.52. The van der Waals surface area contributed by atoms with E-state index in [-0.39, 0.29) is 12.5 Å². The zero-order chi connectivity index (χ0) is 18.2. The monoisotopic (exact) mass is 358 g/mol. The van der Waals surface area contributed by atoms with E-state index in [1.54, 1.807) is 31.5 Å². The standard InChI is InChI=1S/C18H22N4O4/c1-24-15-4-2-3-5-16(15)26-13-17(23)20-12-14-6-7-19-18(21-14)22-8-10-25-11-9-22/h2-7H,8-13H2,1H3,(H,20,23). The topological polar surface area (TPSA) is 85.8 Å². The predicted octanol–water partition coefficient (Wildman–Crippen LogP) is 1.02. The van der Waals surface area contributed by atoms with E-state index in [1.807, 2.05) is 12.1 Å². The van der Waals surface area contributed by atoms with Crippen molar-refractivity contribution in [2.24, 2.45) is 0 Å². The second-order valence-electron chi connectivity index (χ2n) is 5.66. The molecule has 1 aromatic carbocycles. The van der Waals surface area contributed by atoms with Crippen LogP contribution in [0.2, 0.25) is 0 Å². The third kappa shape index (κ3) is 4.82. The number of rotatable bonds is 7. The molecule has 8 heteroatoms. The van der Waals surface area contributed by atoms with Gasteiger partial charge in [0, 0.05) is 19.3 Å². The third-order valence-electron chi connectivity index (χ3n) is 3.89. The second kappa shape index (κ2) is 9.00. The van der Waals surface area contributed by atoms with Crippen molar-refractivity contribution in [1.29, 1.82) is 0 Å². The van der Waals surface area contributed by atoms with Crippen LogP contribution in [0.3, 0.4) is 0 Å². The number of para-hydroxylation sites is 2. The molecule has 0 atom stereocenters. The van der Waals surface area contributed by atoms with Crippen LogP contribution in [0, 0.1) is 0 Å². The molecule has 2 heterocycles. The van der Waals surface area contributed by atoms with E-state index in [9.17, 15) is 4.79 Å². The molecule has 0 spiro atoms. The first-order valence-electron chi connectivity index (χ1n) is 8.43. The summed E-state index contributed by atoms with van der Waals surface area (Å²) in [4.78, 5) is 22.9. The van der Waals surface area contributed by atoms with Gasteiger partial charge in [0.25, 0.3) is 5.91 Å². The molecule has 1 aliphatic heterocycles. The zero-order valence-electron chi connectivity index (χ0n) is 14.7. The maximum Gasteiger partial charge on any atom is 0.258 e. The Hall–Kier alpha value is -2.87. The van der Waals surface area contributed by atoms with Gasteiger partial charge in [0.15, 0.2) is 18.1 Å². The minimum atomic E-state index is -0.234. The maximum absolute atomic E-state index is 12.0. The molecule has 0 bridgehead atoms. The fourth-order valence-electron chi connectivity index (χ4n) is 2.52. The lowest BCUT2D eigenvalue weighted by Gasteiger charge is -2.26. The largest absolute Gasteiger partial charge is 0.493 e. The molecule has 0 saturated carbocycles. The van der Waals surface area contributed by atoms with Gasteiger partial charge in [0.2, 0.25) is 5.95 Å². The van der Waals surface area contributed by atoms with Crippen molar-refractivity contribution >= 4 is 11.9 Å². The summed E-state index contributed by atoms with van der Waals surface area (Å²) in [7, 11) is 1.56. The van der Waals surface area contributed by atoms with Gasteiger partial charge in [-0.2, -0.15) is 0 Å². The van der Waals surface area contributed by atoms with Gasteiger partial charge in [-0.15, -0.1) is 0 Å². The summed E-state index contributed by atoms with van der Waals surface area (Å²) in [5.41, 5.74) is 0.743. The fraction of sp³-hybridized carbons (Fsp3) is 0.389. The highest BCUT2D eigenvalue weighted by atomic mass is 16.5. The molecule has 1 saturated heterocycles. The lowest BCUT2D eigenvalue weighted by Crippen LogP contribution is -2.37. The number of morpholine rings is 1. The SMILES string of the molecule is COc1ccccc1OCC(=O)NCc1ccnc(N2CCOCC2)n1. The van der Waals surface area contributed by atoms with Gasteiger partial charge in [-0.25, -0.2) is 9.97 Å². The van der Waals surface area contributed by atoms with Crippen molar-refractivity contribution in [3.05, 3.63) is 42.2 Å². The van der Waals surface area contributed by atoms with Crippen LogP contribution in [0.4, 0.5) is 5.95 Å². The van der Waals surface area contributed by atoms with Crippen LogP contribution in [0.1, 0.15) is 5.69 Å². The van der Waals surface area contributed by atoms with E-state index in [0.717, 1.165) is 18.8 Å². The molecule has 1 fully saturated rings. The molecular formula is C18H22N4O4. The van der Waals surface area contributed by atoms with Gasteiger partial charge in [-0.1, -0.05) is 12.1 Å². The Balaban J connectivity index is 1.50. The van der Waals surface area contributed by atoms with Crippen LogP contribution in [0.15, 0.2) is 36.5 Å². The van der Waals surface area contributed by atoms with E-state index in [1.165, 1.54) is 0 Å². The van der Waals surface area contributed by atoms with Crippen LogP contribution in [0.5, 0.6) is 11.5 Å². The van der Waals surface area contributed by atoms with Crippen LogP contribution >= 0.6 is 0 Å². The van der Waals surface area contributed by atoms with E-state index in [2.05, 4.69) is 20.2 Å². The highest BCUT2D eigenvalue weighted by Crippen LogP contribution is 2.25. The Morgan fingerprint density at radius 2 is 2.00 bits per heavy atom. The Morgan fingerprint density at radius 1 is 1.23 bits per heavy atom. The van der Waals surface area contributed by atoms with Gasteiger partial charge in [0.1, 0.15) is 0 Å². The molecule has 1 amide bonds. The summed E-state index contributed by atoms with van der Waals surface area (Å²) in [6.07, 6.45) is 1.70. The smallest absolute Gasteiger partial charge is 0.258 e. The van der Waals surface area contributed by atoms with Crippen molar-refractivity contribution in [1.82, 2.24) is 15.3 Å². The van der Waals surface area contributed by atoms with E-state index in [4.69, 9.17) is 14.2 Å². The van der Waals surface area contributed by atoms with Crippen molar-refractivity contribution in [2.75, 3.05) is 44.9 Å². The second-order valence-corrected chi connectivity index (χ2v) is 5.66. The Morgan fingerprint density at radius 3 is 2.77 bits per heavy atom. The number of hydrogen-bond donors (Lipinski definition) is 1.